The summed E-state index contributed by atoms with van der Waals surface area (Å²) in [5.41, 5.74) is 5.90. The van der Waals surface area contributed by atoms with Crippen LogP contribution in [0.25, 0.3) is 11.1 Å². The van der Waals surface area contributed by atoms with Crippen LogP contribution in [0.15, 0.2) is 114 Å². The topological polar surface area (TPSA) is 52.9 Å². The maximum absolute atomic E-state index is 11.3. The average molecular weight is 475 g/mol. The summed E-state index contributed by atoms with van der Waals surface area (Å²) in [6.07, 6.45) is 0.000196. The second-order valence-electron chi connectivity index (χ2n) is 9.34. The second-order valence-corrected chi connectivity index (χ2v) is 9.34. The standard InChI is InChI=1S/C32H30N2O2/c1-3-34-31(28-20-11-10-19-27(28)25-16-12-13-23(21-25)22-29(35)36)33-30(24-14-6-4-7-15-24)32(34,2)26-17-8-5-9-18-26/h4-21,30H,3,22H2,1-2H3,(H,35,36). The van der Waals surface area contributed by atoms with Gasteiger partial charge in [0, 0.05) is 12.1 Å². The minimum Gasteiger partial charge on any atom is -0.481 e. The highest BCUT2D eigenvalue weighted by Crippen LogP contribution is 2.48. The Kier molecular flexibility index (Phi) is 6.43. The van der Waals surface area contributed by atoms with Crippen molar-refractivity contribution < 1.29 is 9.90 Å². The highest BCUT2D eigenvalue weighted by Gasteiger charge is 2.48. The average Bonchev–Trinajstić information content (AvgIpc) is 3.22. The normalized spacial score (nSPS) is 19.2. The number of hydrogen-bond donors (Lipinski definition) is 1. The molecule has 0 aliphatic carbocycles. The van der Waals surface area contributed by atoms with Crippen molar-refractivity contribution in [2.24, 2.45) is 4.99 Å². The minimum atomic E-state index is -0.831. The number of amidine groups is 1. The summed E-state index contributed by atoms with van der Waals surface area (Å²) in [5, 5.41) is 9.30. The molecule has 4 heteroatoms. The Morgan fingerprint density at radius 2 is 1.50 bits per heavy atom. The van der Waals surface area contributed by atoms with E-state index in [1.807, 2.05) is 42.5 Å². The molecule has 0 saturated heterocycles. The van der Waals surface area contributed by atoms with Gasteiger partial charge >= 0.3 is 5.97 Å². The van der Waals surface area contributed by atoms with Crippen LogP contribution in [-0.4, -0.2) is 28.4 Å². The predicted molar refractivity (Wildman–Crippen MR) is 145 cm³/mol. The SMILES string of the molecule is CCN1C(c2ccccc2-c2cccc(CC(=O)O)c2)=NC(c2ccccc2)C1(C)c1ccccc1. The second kappa shape index (κ2) is 9.82. The summed E-state index contributed by atoms with van der Waals surface area (Å²) in [5.74, 6) is 0.124. The lowest BCUT2D eigenvalue weighted by atomic mass is 9.80. The van der Waals surface area contributed by atoms with Crippen LogP contribution in [0.1, 0.15) is 42.1 Å². The Hall–Kier alpha value is -4.18. The van der Waals surface area contributed by atoms with Gasteiger partial charge in [0.25, 0.3) is 0 Å². The molecule has 0 bridgehead atoms. The Balaban J connectivity index is 1.68. The van der Waals surface area contributed by atoms with E-state index in [0.717, 1.165) is 34.6 Å². The number of carboxylic acids is 1. The maximum atomic E-state index is 11.3. The lowest BCUT2D eigenvalue weighted by Crippen LogP contribution is -2.46. The van der Waals surface area contributed by atoms with Crippen molar-refractivity contribution in [3.05, 3.63) is 131 Å². The molecule has 4 nitrogen and oxygen atoms in total. The molecule has 1 aliphatic rings. The van der Waals surface area contributed by atoms with Gasteiger partial charge in [0.2, 0.25) is 0 Å². The quantitative estimate of drug-likeness (QED) is 0.323. The molecule has 180 valence electrons. The number of rotatable bonds is 7. The van der Waals surface area contributed by atoms with Gasteiger partial charge in [-0.3, -0.25) is 9.79 Å². The number of hydrogen-bond acceptors (Lipinski definition) is 3. The zero-order valence-corrected chi connectivity index (χ0v) is 20.6. The number of likely N-dealkylation sites (N-methyl/N-ethyl adjacent to an activating group) is 1. The molecule has 36 heavy (non-hydrogen) atoms. The molecule has 0 radical (unpaired) electrons. The van der Waals surface area contributed by atoms with Gasteiger partial charge in [-0.1, -0.05) is 109 Å². The van der Waals surface area contributed by atoms with Crippen molar-refractivity contribution in [2.75, 3.05) is 6.54 Å². The van der Waals surface area contributed by atoms with Gasteiger partial charge in [-0.25, -0.2) is 0 Å². The van der Waals surface area contributed by atoms with E-state index in [2.05, 4.69) is 85.5 Å². The van der Waals surface area contributed by atoms with Crippen molar-refractivity contribution in [1.82, 2.24) is 4.90 Å². The molecule has 2 unspecified atom stereocenters. The largest absolute Gasteiger partial charge is 0.481 e. The summed E-state index contributed by atoms with van der Waals surface area (Å²) in [7, 11) is 0. The van der Waals surface area contributed by atoms with Gasteiger partial charge in [0.05, 0.1) is 12.0 Å². The van der Waals surface area contributed by atoms with E-state index < -0.39 is 5.97 Å². The summed E-state index contributed by atoms with van der Waals surface area (Å²) in [6.45, 7) is 5.26. The monoisotopic (exact) mass is 474 g/mol. The molecule has 0 aromatic heterocycles. The molecule has 1 N–H and O–H groups in total. The fourth-order valence-corrected chi connectivity index (χ4v) is 5.46. The van der Waals surface area contributed by atoms with Crippen LogP contribution in [0.4, 0.5) is 0 Å². The molecule has 4 aromatic rings. The van der Waals surface area contributed by atoms with E-state index in [0.29, 0.717) is 0 Å². The summed E-state index contributed by atoms with van der Waals surface area (Å²) in [6, 6.07) is 37.2. The molecule has 0 spiro atoms. The summed E-state index contributed by atoms with van der Waals surface area (Å²) in [4.78, 5) is 19.2. The van der Waals surface area contributed by atoms with Gasteiger partial charge in [-0.2, -0.15) is 0 Å². The first-order chi connectivity index (χ1) is 17.5. The van der Waals surface area contributed by atoms with Crippen LogP contribution in [0.5, 0.6) is 0 Å². The van der Waals surface area contributed by atoms with Crippen LogP contribution >= 0.6 is 0 Å². The number of carbonyl (C=O) groups is 1. The fraction of sp³-hybridized carbons (Fsp3) is 0.188. The van der Waals surface area contributed by atoms with E-state index in [1.165, 1.54) is 11.1 Å². The first kappa shape index (κ1) is 23.6. The summed E-state index contributed by atoms with van der Waals surface area (Å²) >= 11 is 0. The van der Waals surface area contributed by atoms with Gasteiger partial charge in [-0.15, -0.1) is 0 Å². The van der Waals surface area contributed by atoms with Gasteiger partial charge in [-0.05, 0) is 41.7 Å². The molecule has 0 amide bonds. The number of benzene rings is 4. The molecule has 5 rings (SSSR count). The molecule has 0 fully saturated rings. The molecular formula is C32H30N2O2. The van der Waals surface area contributed by atoms with Gasteiger partial charge in [0.1, 0.15) is 11.9 Å². The van der Waals surface area contributed by atoms with Crippen molar-refractivity contribution in [2.45, 2.75) is 31.8 Å². The third-order valence-electron chi connectivity index (χ3n) is 7.15. The Morgan fingerprint density at radius 3 is 2.17 bits per heavy atom. The number of carboxylic acid groups (broad SMARTS) is 1. The molecule has 2 atom stereocenters. The first-order valence-corrected chi connectivity index (χ1v) is 12.4. The lowest BCUT2D eigenvalue weighted by Gasteiger charge is -2.41. The van der Waals surface area contributed by atoms with E-state index in [-0.39, 0.29) is 18.0 Å². The Bertz CT molecular complexity index is 1400. The molecule has 1 aliphatic heterocycles. The predicted octanol–water partition coefficient (Wildman–Crippen LogP) is 6.72. The van der Waals surface area contributed by atoms with E-state index >= 15 is 0 Å². The van der Waals surface area contributed by atoms with Crippen LogP contribution in [0.3, 0.4) is 0 Å². The smallest absolute Gasteiger partial charge is 0.307 e. The third kappa shape index (κ3) is 4.20. The first-order valence-electron chi connectivity index (χ1n) is 12.4. The number of aliphatic imine (C=N–C) groups is 1. The van der Waals surface area contributed by atoms with Crippen LogP contribution in [-0.2, 0) is 16.8 Å². The fourth-order valence-electron chi connectivity index (χ4n) is 5.46. The molecule has 0 saturated carbocycles. The van der Waals surface area contributed by atoms with E-state index in [4.69, 9.17) is 4.99 Å². The zero-order chi connectivity index (χ0) is 25.1. The maximum Gasteiger partial charge on any atom is 0.307 e. The van der Waals surface area contributed by atoms with E-state index in [9.17, 15) is 9.90 Å². The van der Waals surface area contributed by atoms with E-state index in [1.54, 1.807) is 0 Å². The number of nitrogens with zero attached hydrogens (tertiary/aromatic N) is 2. The highest BCUT2D eigenvalue weighted by molar-refractivity contribution is 6.06. The van der Waals surface area contributed by atoms with Crippen LogP contribution in [0, 0.1) is 0 Å². The lowest BCUT2D eigenvalue weighted by molar-refractivity contribution is -0.136. The number of aliphatic carboxylic acids is 1. The Labute approximate surface area is 212 Å². The molecule has 1 heterocycles. The minimum absolute atomic E-state index is 0.000196. The van der Waals surface area contributed by atoms with Crippen molar-refractivity contribution in [1.29, 1.82) is 0 Å². The van der Waals surface area contributed by atoms with Crippen LogP contribution in [0.2, 0.25) is 0 Å². The van der Waals surface area contributed by atoms with Crippen molar-refractivity contribution in [3.8, 4) is 11.1 Å². The summed E-state index contributed by atoms with van der Waals surface area (Å²) < 4.78 is 0. The van der Waals surface area contributed by atoms with Crippen LogP contribution < -0.4 is 0 Å². The van der Waals surface area contributed by atoms with Crippen molar-refractivity contribution in [3.63, 3.8) is 0 Å². The van der Waals surface area contributed by atoms with Gasteiger partial charge < -0.3 is 10.0 Å². The highest BCUT2D eigenvalue weighted by atomic mass is 16.4. The molecular weight excluding hydrogens is 444 g/mol. The Morgan fingerprint density at radius 1 is 0.861 bits per heavy atom. The molecule has 4 aromatic carbocycles. The third-order valence-corrected chi connectivity index (χ3v) is 7.15. The zero-order valence-electron chi connectivity index (χ0n) is 20.6. The van der Waals surface area contributed by atoms with Gasteiger partial charge in [0.15, 0.2) is 0 Å². The van der Waals surface area contributed by atoms with Crippen molar-refractivity contribution >= 4 is 11.8 Å².